The Balaban J connectivity index is 2.20. The van der Waals surface area contributed by atoms with E-state index >= 15 is 0 Å². The fraction of sp³-hybridized carbons (Fsp3) is 0.375. The second-order valence-electron chi connectivity index (χ2n) is 3.10. The van der Waals surface area contributed by atoms with Gasteiger partial charge >= 0.3 is 7.12 Å². The van der Waals surface area contributed by atoms with Crippen LogP contribution < -0.4 is 10.2 Å². The fourth-order valence-electron chi connectivity index (χ4n) is 1.06. The number of aromatic nitrogens is 1. The maximum Gasteiger partial charge on any atom is 0.493 e. The molecule has 13 heavy (non-hydrogen) atoms. The zero-order chi connectivity index (χ0) is 9.26. The molecule has 0 bridgehead atoms. The fourth-order valence-corrected chi connectivity index (χ4v) is 1.06. The first-order chi connectivity index (χ1) is 6.27. The van der Waals surface area contributed by atoms with Crippen molar-refractivity contribution in [1.29, 1.82) is 0 Å². The maximum absolute atomic E-state index is 8.97. The Hall–Kier alpha value is -1.07. The van der Waals surface area contributed by atoms with Crippen LogP contribution in [0.4, 0.5) is 0 Å². The first-order valence-corrected chi connectivity index (χ1v) is 4.24. The minimum absolute atomic E-state index is 0.250. The number of hydrogen-bond acceptors (Lipinski definition) is 4. The lowest BCUT2D eigenvalue weighted by Gasteiger charge is -2.08. The molecule has 2 N–H and O–H groups in total. The highest BCUT2D eigenvalue weighted by atomic mass is 16.5. The van der Waals surface area contributed by atoms with Gasteiger partial charge < -0.3 is 14.8 Å². The van der Waals surface area contributed by atoms with E-state index in [2.05, 4.69) is 4.98 Å². The molecule has 1 fully saturated rings. The summed E-state index contributed by atoms with van der Waals surface area (Å²) in [6.07, 6.45) is 5.32. The van der Waals surface area contributed by atoms with Crippen LogP contribution in [-0.4, -0.2) is 28.3 Å². The molecule has 1 heterocycles. The van der Waals surface area contributed by atoms with Crippen molar-refractivity contribution in [2.24, 2.45) is 0 Å². The number of rotatable bonds is 3. The molecule has 1 saturated carbocycles. The summed E-state index contributed by atoms with van der Waals surface area (Å²) in [6, 6.07) is 1.65. The molecule has 0 aliphatic heterocycles. The molecule has 0 amide bonds. The van der Waals surface area contributed by atoms with Crippen LogP contribution in [0.1, 0.15) is 12.8 Å². The molecule has 1 aliphatic carbocycles. The largest absolute Gasteiger partial charge is 0.493 e. The molecule has 1 aromatic heterocycles. The highest BCUT2D eigenvalue weighted by molar-refractivity contribution is 6.59. The molecule has 0 saturated heterocycles. The molecular weight excluding hydrogens is 169 g/mol. The van der Waals surface area contributed by atoms with E-state index in [0.717, 1.165) is 12.8 Å². The van der Waals surface area contributed by atoms with E-state index in [1.54, 1.807) is 12.3 Å². The number of ether oxygens (including phenoxy) is 1. The molecule has 5 heteroatoms. The van der Waals surface area contributed by atoms with E-state index in [9.17, 15) is 0 Å². The summed E-state index contributed by atoms with van der Waals surface area (Å²) in [6.45, 7) is 0. The molecule has 0 radical (unpaired) electrons. The molecule has 0 spiro atoms. The highest BCUT2D eigenvalue weighted by Gasteiger charge is 2.26. The second kappa shape index (κ2) is 3.36. The summed E-state index contributed by atoms with van der Waals surface area (Å²) >= 11 is 0. The summed E-state index contributed by atoms with van der Waals surface area (Å²) in [5, 5.41) is 17.9. The smallest absolute Gasteiger partial charge is 0.491 e. The van der Waals surface area contributed by atoms with E-state index in [1.807, 2.05) is 0 Å². The van der Waals surface area contributed by atoms with Gasteiger partial charge in [-0.25, -0.2) is 0 Å². The van der Waals surface area contributed by atoms with Gasteiger partial charge in [-0.1, -0.05) is 0 Å². The van der Waals surface area contributed by atoms with Crippen LogP contribution in [0.25, 0.3) is 0 Å². The molecule has 1 aromatic rings. The lowest BCUT2D eigenvalue weighted by molar-refractivity contribution is 0.303. The van der Waals surface area contributed by atoms with Gasteiger partial charge in [0.05, 0.1) is 6.10 Å². The summed E-state index contributed by atoms with van der Waals surface area (Å²) in [5.74, 6) is 0.521. The Morgan fingerprint density at radius 3 is 2.85 bits per heavy atom. The minimum Gasteiger partial charge on any atom is -0.491 e. The SMILES string of the molecule is OB(O)c1cnccc1OC1CC1. The third kappa shape index (κ3) is 1.99. The molecule has 2 rings (SSSR count). The standard InChI is InChI=1S/C8H10BNO3/c11-9(12)7-5-10-4-3-8(7)13-6-1-2-6/h3-6,11-12H,1-2H2. The van der Waals surface area contributed by atoms with E-state index in [4.69, 9.17) is 14.8 Å². The highest BCUT2D eigenvalue weighted by Crippen LogP contribution is 2.25. The van der Waals surface area contributed by atoms with Crippen LogP contribution in [0.2, 0.25) is 0 Å². The van der Waals surface area contributed by atoms with Gasteiger partial charge in [-0.15, -0.1) is 0 Å². The first kappa shape index (κ1) is 8.53. The Labute approximate surface area is 76.3 Å². The van der Waals surface area contributed by atoms with Crippen molar-refractivity contribution in [2.75, 3.05) is 0 Å². The lowest BCUT2D eigenvalue weighted by Crippen LogP contribution is -2.32. The predicted molar refractivity (Wildman–Crippen MR) is 47.7 cm³/mol. The average Bonchev–Trinajstić information content (AvgIpc) is 2.89. The number of hydrogen-bond donors (Lipinski definition) is 2. The van der Waals surface area contributed by atoms with E-state index in [-0.39, 0.29) is 6.10 Å². The van der Waals surface area contributed by atoms with Gasteiger partial charge in [0, 0.05) is 17.9 Å². The average molecular weight is 179 g/mol. The van der Waals surface area contributed by atoms with Gasteiger partial charge in [0.2, 0.25) is 0 Å². The van der Waals surface area contributed by atoms with Gasteiger partial charge in [-0.3, -0.25) is 4.98 Å². The molecule has 68 valence electrons. The van der Waals surface area contributed by atoms with Crippen molar-refractivity contribution in [1.82, 2.24) is 4.98 Å². The minimum atomic E-state index is -1.51. The molecule has 4 nitrogen and oxygen atoms in total. The molecule has 1 aliphatic rings. The number of pyridine rings is 1. The van der Waals surface area contributed by atoms with Gasteiger partial charge in [-0.05, 0) is 18.9 Å². The van der Waals surface area contributed by atoms with Crippen LogP contribution in [0.5, 0.6) is 5.75 Å². The van der Waals surface area contributed by atoms with Crippen molar-refractivity contribution >= 4 is 12.6 Å². The van der Waals surface area contributed by atoms with E-state index in [0.29, 0.717) is 11.2 Å². The van der Waals surface area contributed by atoms with Crippen LogP contribution in [0.15, 0.2) is 18.5 Å². The summed E-state index contributed by atoms with van der Waals surface area (Å²) in [4.78, 5) is 3.79. The third-order valence-electron chi connectivity index (χ3n) is 1.91. The zero-order valence-corrected chi connectivity index (χ0v) is 7.05. The van der Waals surface area contributed by atoms with Gasteiger partial charge in [0.25, 0.3) is 0 Å². The quantitative estimate of drug-likeness (QED) is 0.602. The van der Waals surface area contributed by atoms with Gasteiger partial charge in [0.1, 0.15) is 5.75 Å². The monoisotopic (exact) mass is 179 g/mol. The van der Waals surface area contributed by atoms with Gasteiger partial charge in [0.15, 0.2) is 0 Å². The summed E-state index contributed by atoms with van der Waals surface area (Å²) < 4.78 is 5.46. The Morgan fingerprint density at radius 2 is 2.23 bits per heavy atom. The summed E-state index contributed by atoms with van der Waals surface area (Å²) in [5.41, 5.74) is 0.328. The van der Waals surface area contributed by atoms with Crippen molar-refractivity contribution in [3.8, 4) is 5.75 Å². The van der Waals surface area contributed by atoms with E-state index in [1.165, 1.54) is 6.20 Å². The second-order valence-corrected chi connectivity index (χ2v) is 3.10. The Bertz CT molecular complexity index is 301. The maximum atomic E-state index is 8.97. The molecule has 0 aromatic carbocycles. The molecular formula is C8H10BNO3. The van der Waals surface area contributed by atoms with Crippen LogP contribution >= 0.6 is 0 Å². The Morgan fingerprint density at radius 1 is 1.46 bits per heavy atom. The molecule has 0 atom stereocenters. The van der Waals surface area contributed by atoms with Crippen LogP contribution in [-0.2, 0) is 0 Å². The van der Waals surface area contributed by atoms with Crippen molar-refractivity contribution in [3.05, 3.63) is 18.5 Å². The van der Waals surface area contributed by atoms with Crippen molar-refractivity contribution < 1.29 is 14.8 Å². The van der Waals surface area contributed by atoms with Crippen LogP contribution in [0, 0.1) is 0 Å². The zero-order valence-electron chi connectivity index (χ0n) is 7.05. The normalized spacial score (nSPS) is 15.5. The van der Waals surface area contributed by atoms with Crippen LogP contribution in [0.3, 0.4) is 0 Å². The lowest BCUT2D eigenvalue weighted by atomic mass is 9.81. The topological polar surface area (TPSA) is 62.6 Å². The first-order valence-electron chi connectivity index (χ1n) is 4.24. The predicted octanol–water partition coefficient (Wildman–Crippen LogP) is -0.697. The molecule has 0 unspecified atom stereocenters. The van der Waals surface area contributed by atoms with E-state index < -0.39 is 7.12 Å². The summed E-state index contributed by atoms with van der Waals surface area (Å²) in [7, 11) is -1.51. The Kier molecular flexibility index (Phi) is 2.20. The van der Waals surface area contributed by atoms with Crippen molar-refractivity contribution in [3.63, 3.8) is 0 Å². The van der Waals surface area contributed by atoms with Gasteiger partial charge in [-0.2, -0.15) is 0 Å². The number of nitrogens with zero attached hydrogens (tertiary/aromatic N) is 1. The van der Waals surface area contributed by atoms with Crippen molar-refractivity contribution in [2.45, 2.75) is 18.9 Å². The third-order valence-corrected chi connectivity index (χ3v) is 1.91.